The maximum Gasteiger partial charge on any atom is 0.252 e. The van der Waals surface area contributed by atoms with Gasteiger partial charge in [-0.1, -0.05) is 0 Å². The maximum atomic E-state index is 11.5. The zero-order valence-corrected chi connectivity index (χ0v) is 9.93. The first-order valence-electron chi connectivity index (χ1n) is 4.88. The van der Waals surface area contributed by atoms with Crippen molar-refractivity contribution < 1.29 is 18.0 Å². The molecule has 0 saturated carbocycles. The van der Waals surface area contributed by atoms with Crippen LogP contribution in [0.25, 0.3) is 0 Å². The largest absolute Gasteiger partial charge is 0.353 e. The Labute approximate surface area is 94.0 Å². The molecule has 1 atom stereocenters. The standard InChI is InChI=1S/C8H15N3O4S/c1-5(2)16(14,15)11-8(13)6-3-10-7(12)4-9-6/h5-6,9H,3-4H2,1-2H3,(H,10,12)(H,11,13). The van der Waals surface area contributed by atoms with E-state index in [9.17, 15) is 18.0 Å². The number of carbonyl (C=O) groups is 2. The fourth-order valence-corrected chi connectivity index (χ4v) is 1.74. The van der Waals surface area contributed by atoms with Crippen LogP contribution in [0.4, 0.5) is 0 Å². The smallest absolute Gasteiger partial charge is 0.252 e. The van der Waals surface area contributed by atoms with Crippen molar-refractivity contribution in [3.8, 4) is 0 Å². The minimum atomic E-state index is -3.61. The Hall–Kier alpha value is -1.15. The van der Waals surface area contributed by atoms with Crippen LogP contribution in [-0.2, 0) is 19.6 Å². The summed E-state index contributed by atoms with van der Waals surface area (Å²) in [6, 6.07) is -0.703. The van der Waals surface area contributed by atoms with Crippen molar-refractivity contribution in [1.82, 2.24) is 15.4 Å². The molecular weight excluding hydrogens is 234 g/mol. The molecule has 16 heavy (non-hydrogen) atoms. The molecule has 1 heterocycles. The number of carbonyl (C=O) groups excluding carboxylic acids is 2. The van der Waals surface area contributed by atoms with Gasteiger partial charge >= 0.3 is 0 Å². The Kier molecular flexibility index (Phi) is 3.87. The van der Waals surface area contributed by atoms with Gasteiger partial charge in [0.25, 0.3) is 5.91 Å². The highest BCUT2D eigenvalue weighted by Crippen LogP contribution is 1.97. The molecule has 0 aromatic heterocycles. The summed E-state index contributed by atoms with van der Waals surface area (Å²) in [7, 11) is -3.61. The number of sulfonamides is 1. The fourth-order valence-electron chi connectivity index (χ4n) is 1.08. The van der Waals surface area contributed by atoms with Crippen molar-refractivity contribution in [2.24, 2.45) is 0 Å². The molecule has 1 aliphatic rings. The minimum Gasteiger partial charge on any atom is -0.353 e. The van der Waals surface area contributed by atoms with Crippen LogP contribution >= 0.6 is 0 Å². The predicted molar refractivity (Wildman–Crippen MR) is 57.0 cm³/mol. The van der Waals surface area contributed by atoms with E-state index in [1.54, 1.807) is 0 Å². The zero-order valence-electron chi connectivity index (χ0n) is 9.11. The van der Waals surface area contributed by atoms with E-state index in [1.165, 1.54) is 13.8 Å². The van der Waals surface area contributed by atoms with Gasteiger partial charge in [0.1, 0.15) is 6.04 Å². The topological polar surface area (TPSA) is 104 Å². The monoisotopic (exact) mass is 249 g/mol. The van der Waals surface area contributed by atoms with E-state index in [0.717, 1.165) is 0 Å². The molecule has 1 saturated heterocycles. The van der Waals surface area contributed by atoms with Crippen molar-refractivity contribution >= 4 is 21.8 Å². The number of piperazine rings is 1. The molecule has 0 spiro atoms. The number of hydrogen-bond acceptors (Lipinski definition) is 5. The maximum absolute atomic E-state index is 11.5. The van der Waals surface area contributed by atoms with Crippen LogP contribution in [0.1, 0.15) is 13.8 Å². The van der Waals surface area contributed by atoms with Gasteiger partial charge < -0.3 is 5.32 Å². The van der Waals surface area contributed by atoms with E-state index in [1.807, 2.05) is 4.72 Å². The Morgan fingerprint density at radius 2 is 2.12 bits per heavy atom. The summed E-state index contributed by atoms with van der Waals surface area (Å²) in [6.07, 6.45) is 0. The second-order valence-corrected chi connectivity index (χ2v) is 6.03. The van der Waals surface area contributed by atoms with Crippen molar-refractivity contribution in [3.63, 3.8) is 0 Å². The quantitative estimate of drug-likeness (QED) is 0.533. The molecule has 8 heteroatoms. The molecule has 1 fully saturated rings. The van der Waals surface area contributed by atoms with Crippen LogP contribution in [0, 0.1) is 0 Å². The SMILES string of the molecule is CC(C)S(=O)(=O)NC(=O)C1CNC(=O)CN1. The Morgan fingerprint density at radius 1 is 1.50 bits per heavy atom. The lowest BCUT2D eigenvalue weighted by Crippen LogP contribution is -2.59. The molecule has 0 aromatic rings. The normalized spacial score (nSPS) is 21.7. The van der Waals surface area contributed by atoms with Crippen LogP contribution in [0.15, 0.2) is 0 Å². The lowest BCUT2D eigenvalue weighted by molar-refractivity contribution is -0.125. The van der Waals surface area contributed by atoms with Crippen molar-refractivity contribution in [2.45, 2.75) is 25.1 Å². The second kappa shape index (κ2) is 4.79. The lowest BCUT2D eigenvalue weighted by atomic mass is 10.2. The molecular formula is C8H15N3O4S. The van der Waals surface area contributed by atoms with E-state index >= 15 is 0 Å². The van der Waals surface area contributed by atoms with Gasteiger partial charge in [0.15, 0.2) is 0 Å². The third-order valence-electron chi connectivity index (χ3n) is 2.19. The Morgan fingerprint density at radius 3 is 2.56 bits per heavy atom. The van der Waals surface area contributed by atoms with Crippen LogP contribution < -0.4 is 15.4 Å². The molecule has 2 amide bonds. The van der Waals surface area contributed by atoms with Crippen molar-refractivity contribution in [1.29, 1.82) is 0 Å². The third-order valence-corrected chi connectivity index (χ3v) is 3.92. The van der Waals surface area contributed by atoms with Gasteiger partial charge in [0.2, 0.25) is 15.9 Å². The average molecular weight is 249 g/mol. The van der Waals surface area contributed by atoms with Gasteiger partial charge in [0, 0.05) is 6.54 Å². The molecule has 0 aromatic carbocycles. The van der Waals surface area contributed by atoms with E-state index in [4.69, 9.17) is 0 Å². The van der Waals surface area contributed by atoms with E-state index in [2.05, 4.69) is 10.6 Å². The Bertz CT molecular complexity index is 380. The van der Waals surface area contributed by atoms with E-state index < -0.39 is 27.2 Å². The number of amides is 2. The predicted octanol–water partition coefficient (Wildman–Crippen LogP) is -2.07. The first-order chi connectivity index (χ1) is 7.33. The molecule has 1 unspecified atom stereocenters. The fraction of sp³-hybridized carbons (Fsp3) is 0.750. The van der Waals surface area contributed by atoms with Gasteiger partial charge in [-0.15, -0.1) is 0 Å². The molecule has 92 valence electrons. The molecule has 0 aliphatic carbocycles. The van der Waals surface area contributed by atoms with Gasteiger partial charge in [-0.2, -0.15) is 0 Å². The van der Waals surface area contributed by atoms with E-state index in [-0.39, 0.29) is 19.0 Å². The summed E-state index contributed by atoms with van der Waals surface area (Å²) in [5, 5.41) is 4.44. The highest BCUT2D eigenvalue weighted by atomic mass is 32.2. The van der Waals surface area contributed by atoms with Gasteiger partial charge in [0.05, 0.1) is 11.8 Å². The summed E-state index contributed by atoms with van der Waals surface area (Å²) in [4.78, 5) is 22.3. The summed E-state index contributed by atoms with van der Waals surface area (Å²) in [5.74, 6) is -0.857. The molecule has 1 rings (SSSR count). The lowest BCUT2D eigenvalue weighted by Gasteiger charge is -2.23. The zero-order chi connectivity index (χ0) is 12.3. The number of rotatable bonds is 3. The van der Waals surface area contributed by atoms with Gasteiger partial charge in [-0.25, -0.2) is 8.42 Å². The first kappa shape index (κ1) is 12.9. The molecule has 7 nitrogen and oxygen atoms in total. The number of nitrogens with one attached hydrogen (secondary N) is 3. The van der Waals surface area contributed by atoms with Crippen molar-refractivity contribution in [3.05, 3.63) is 0 Å². The summed E-state index contributed by atoms with van der Waals surface area (Å²) >= 11 is 0. The van der Waals surface area contributed by atoms with E-state index in [0.29, 0.717) is 0 Å². The van der Waals surface area contributed by atoms with Gasteiger partial charge in [-0.05, 0) is 13.8 Å². The summed E-state index contributed by atoms with van der Waals surface area (Å²) in [5.41, 5.74) is 0. The second-order valence-electron chi connectivity index (χ2n) is 3.80. The average Bonchev–Trinajstić information content (AvgIpc) is 2.17. The summed E-state index contributed by atoms with van der Waals surface area (Å²) in [6.45, 7) is 3.06. The highest BCUT2D eigenvalue weighted by molar-refractivity contribution is 7.90. The number of hydrogen-bond donors (Lipinski definition) is 3. The van der Waals surface area contributed by atoms with Crippen LogP contribution in [0.2, 0.25) is 0 Å². The van der Waals surface area contributed by atoms with Crippen LogP contribution in [0.3, 0.4) is 0 Å². The van der Waals surface area contributed by atoms with Crippen molar-refractivity contribution in [2.75, 3.05) is 13.1 Å². The molecule has 1 aliphatic heterocycles. The summed E-state index contributed by atoms with van der Waals surface area (Å²) < 4.78 is 24.8. The first-order valence-corrected chi connectivity index (χ1v) is 6.43. The molecule has 3 N–H and O–H groups in total. The minimum absolute atomic E-state index is 0.0137. The third kappa shape index (κ3) is 3.17. The molecule has 0 radical (unpaired) electrons. The molecule has 0 bridgehead atoms. The van der Waals surface area contributed by atoms with Crippen LogP contribution in [0.5, 0.6) is 0 Å². The highest BCUT2D eigenvalue weighted by Gasteiger charge is 2.27. The Balaban J connectivity index is 2.57. The van der Waals surface area contributed by atoms with Gasteiger partial charge in [-0.3, -0.25) is 19.6 Å². The van der Waals surface area contributed by atoms with Crippen LogP contribution in [-0.4, -0.2) is 44.6 Å².